The van der Waals surface area contributed by atoms with Crippen molar-refractivity contribution >= 4 is 23.6 Å². The third-order valence-corrected chi connectivity index (χ3v) is 7.44. The summed E-state index contributed by atoms with van der Waals surface area (Å²) in [5.41, 5.74) is 4.35. The van der Waals surface area contributed by atoms with E-state index < -0.39 is 0 Å². The van der Waals surface area contributed by atoms with Gasteiger partial charge in [0.2, 0.25) is 0 Å². The van der Waals surface area contributed by atoms with Gasteiger partial charge >= 0.3 is 5.97 Å². The summed E-state index contributed by atoms with van der Waals surface area (Å²) in [5, 5.41) is 0.814. The van der Waals surface area contributed by atoms with Crippen LogP contribution < -0.4 is 0 Å². The fraction of sp³-hybridized carbons (Fsp3) is 0.400. The van der Waals surface area contributed by atoms with Gasteiger partial charge in [-0.05, 0) is 61.4 Å². The number of hydrogen-bond donors (Lipinski definition) is 0. The lowest BCUT2D eigenvalue weighted by molar-refractivity contribution is -0.0150. The van der Waals surface area contributed by atoms with E-state index in [0.717, 1.165) is 22.7 Å². The monoisotopic (exact) mass is 407 g/mol. The molecule has 1 unspecified atom stereocenters. The number of esters is 1. The lowest BCUT2D eigenvalue weighted by atomic mass is 9.71. The van der Waals surface area contributed by atoms with E-state index in [2.05, 4.69) is 29.2 Å². The van der Waals surface area contributed by atoms with Crippen LogP contribution >= 0.6 is 11.6 Å². The first-order valence-corrected chi connectivity index (χ1v) is 10.9. The smallest absolute Gasteiger partial charge is 0.338 e. The summed E-state index contributed by atoms with van der Waals surface area (Å²) in [6, 6.07) is 16.8. The topological polar surface area (TPSA) is 29.5 Å². The Labute approximate surface area is 177 Å². The minimum atomic E-state index is -0.215. The standard InChI is InChI=1S/C25H26ClNO2/c1-16-7-8-17(12-23(16)26)11-19-14-27-20-9-10-24(27)22(21(19)13-20)15-29-25(28)18-5-3-2-4-6-18/h2-8,11-12,20-22,24H,9-10,13-15H2,1H3/b19-11+/t20-,21+,22-,24+/m0/s1. The molecule has 29 heavy (non-hydrogen) atoms. The molecule has 0 aromatic heterocycles. The van der Waals surface area contributed by atoms with Crippen LogP contribution in [0.1, 0.15) is 40.7 Å². The summed E-state index contributed by atoms with van der Waals surface area (Å²) < 4.78 is 5.79. The summed E-state index contributed by atoms with van der Waals surface area (Å²) >= 11 is 6.34. The van der Waals surface area contributed by atoms with E-state index >= 15 is 0 Å². The number of fused-ring (bicyclic) bond motifs is 1. The number of hydrogen-bond acceptors (Lipinski definition) is 3. The number of ether oxygens (including phenoxy) is 1. The van der Waals surface area contributed by atoms with Crippen LogP contribution in [0, 0.1) is 18.8 Å². The van der Waals surface area contributed by atoms with Crippen molar-refractivity contribution in [2.75, 3.05) is 13.2 Å². The van der Waals surface area contributed by atoms with Gasteiger partial charge in [-0.15, -0.1) is 0 Å². The first-order valence-electron chi connectivity index (χ1n) is 10.5. The van der Waals surface area contributed by atoms with E-state index in [0.29, 0.717) is 36.1 Å². The van der Waals surface area contributed by atoms with Crippen LogP contribution in [0.3, 0.4) is 0 Å². The summed E-state index contributed by atoms with van der Waals surface area (Å²) in [6.07, 6.45) is 5.98. The van der Waals surface area contributed by atoms with E-state index in [1.807, 2.05) is 37.3 Å². The van der Waals surface area contributed by atoms with Gasteiger partial charge in [0.25, 0.3) is 0 Å². The van der Waals surface area contributed by atoms with Crippen molar-refractivity contribution in [3.63, 3.8) is 0 Å². The summed E-state index contributed by atoms with van der Waals surface area (Å²) in [7, 11) is 0. The van der Waals surface area contributed by atoms with Gasteiger partial charge in [-0.1, -0.05) is 53.6 Å². The Morgan fingerprint density at radius 2 is 2.03 bits per heavy atom. The minimum Gasteiger partial charge on any atom is -0.462 e. The largest absolute Gasteiger partial charge is 0.462 e. The van der Waals surface area contributed by atoms with Gasteiger partial charge in [0, 0.05) is 29.6 Å². The molecule has 4 aliphatic rings. The zero-order valence-corrected chi connectivity index (χ0v) is 17.4. The zero-order chi connectivity index (χ0) is 20.0. The SMILES string of the molecule is Cc1ccc(/C=C2\CN3[C@H]4CC[C@@H]3[C@@H](COC(=O)c3ccccc3)[C@@H]2C4)cc1Cl. The average molecular weight is 408 g/mol. The molecule has 4 heteroatoms. The zero-order valence-electron chi connectivity index (χ0n) is 16.7. The molecule has 5 atom stereocenters. The fourth-order valence-corrected chi connectivity index (χ4v) is 5.73. The number of piperidine rings is 3. The molecule has 0 saturated carbocycles. The van der Waals surface area contributed by atoms with Crippen molar-refractivity contribution in [1.29, 1.82) is 0 Å². The van der Waals surface area contributed by atoms with Crippen LogP contribution in [0.4, 0.5) is 0 Å². The quantitative estimate of drug-likeness (QED) is 0.638. The number of aryl methyl sites for hydroxylation is 1. The number of benzene rings is 2. The number of halogens is 1. The highest BCUT2D eigenvalue weighted by Crippen LogP contribution is 2.50. The second kappa shape index (κ2) is 7.62. The number of rotatable bonds is 4. The van der Waals surface area contributed by atoms with Crippen molar-refractivity contribution in [1.82, 2.24) is 4.90 Å². The first kappa shape index (κ1) is 18.9. The maximum absolute atomic E-state index is 12.5. The molecule has 0 spiro atoms. The first-order chi connectivity index (χ1) is 14.1. The molecule has 0 aliphatic carbocycles. The molecule has 0 radical (unpaired) electrons. The Bertz CT molecular complexity index is 955. The molecular weight excluding hydrogens is 382 g/mol. The molecule has 0 N–H and O–H groups in total. The lowest BCUT2D eigenvalue weighted by Crippen LogP contribution is -2.57. The molecule has 4 fully saturated rings. The van der Waals surface area contributed by atoms with Gasteiger partial charge in [-0.2, -0.15) is 0 Å². The summed E-state index contributed by atoms with van der Waals surface area (Å²) in [4.78, 5) is 15.1. The maximum atomic E-state index is 12.5. The number of nitrogens with zero attached hydrogens (tertiary/aromatic N) is 1. The van der Waals surface area contributed by atoms with Crippen LogP contribution in [0.15, 0.2) is 54.1 Å². The third-order valence-electron chi connectivity index (χ3n) is 7.03. The van der Waals surface area contributed by atoms with Crippen molar-refractivity contribution < 1.29 is 9.53 Å². The normalized spacial score (nSPS) is 31.2. The molecule has 2 aromatic rings. The molecule has 4 saturated heterocycles. The fourth-order valence-electron chi connectivity index (χ4n) is 5.54. The van der Waals surface area contributed by atoms with Gasteiger partial charge in [0.1, 0.15) is 0 Å². The molecule has 0 amide bonds. The predicted molar refractivity (Wildman–Crippen MR) is 116 cm³/mol. The van der Waals surface area contributed by atoms with Crippen molar-refractivity contribution in [3.05, 3.63) is 75.8 Å². The average Bonchev–Trinajstić information content (AvgIpc) is 3.06. The molecular formula is C25H26ClNO2. The molecule has 2 aromatic carbocycles. The van der Waals surface area contributed by atoms with Crippen LogP contribution in [0.25, 0.3) is 6.08 Å². The van der Waals surface area contributed by atoms with E-state index in [1.165, 1.54) is 24.8 Å². The Morgan fingerprint density at radius 3 is 2.83 bits per heavy atom. The van der Waals surface area contributed by atoms with Gasteiger partial charge in [0.05, 0.1) is 12.2 Å². The van der Waals surface area contributed by atoms with E-state index in [4.69, 9.17) is 16.3 Å². The van der Waals surface area contributed by atoms with Crippen LogP contribution in [0.5, 0.6) is 0 Å². The lowest BCUT2D eigenvalue weighted by Gasteiger charge is -2.51. The highest BCUT2D eigenvalue weighted by atomic mass is 35.5. The Balaban J connectivity index is 1.36. The third kappa shape index (κ3) is 3.51. The van der Waals surface area contributed by atoms with E-state index in [1.54, 1.807) is 0 Å². The maximum Gasteiger partial charge on any atom is 0.338 e. The molecule has 4 bridgehead atoms. The highest BCUT2D eigenvalue weighted by molar-refractivity contribution is 6.31. The summed E-state index contributed by atoms with van der Waals surface area (Å²) in [6.45, 7) is 3.56. The molecule has 3 nitrogen and oxygen atoms in total. The second-order valence-electron chi connectivity index (χ2n) is 8.67. The number of carbonyl (C=O) groups excluding carboxylic acids is 1. The highest BCUT2D eigenvalue weighted by Gasteiger charge is 2.52. The number of carbonyl (C=O) groups is 1. The van der Waals surface area contributed by atoms with E-state index in [-0.39, 0.29) is 5.97 Å². The molecule has 4 aliphatic heterocycles. The van der Waals surface area contributed by atoms with E-state index in [9.17, 15) is 4.79 Å². The molecule has 4 heterocycles. The van der Waals surface area contributed by atoms with Crippen molar-refractivity contribution in [2.45, 2.75) is 38.3 Å². The Kier molecular flexibility index (Phi) is 4.97. The predicted octanol–water partition coefficient (Wildman–Crippen LogP) is 5.37. The van der Waals surface area contributed by atoms with Gasteiger partial charge in [-0.3, -0.25) is 4.90 Å². The Hall–Kier alpha value is -2.10. The van der Waals surface area contributed by atoms with Crippen LogP contribution in [-0.4, -0.2) is 36.1 Å². The second-order valence-corrected chi connectivity index (χ2v) is 9.08. The van der Waals surface area contributed by atoms with Gasteiger partial charge < -0.3 is 4.74 Å². The van der Waals surface area contributed by atoms with Gasteiger partial charge in [-0.25, -0.2) is 4.79 Å². The van der Waals surface area contributed by atoms with Crippen molar-refractivity contribution in [2.24, 2.45) is 11.8 Å². The molecule has 6 rings (SSSR count). The van der Waals surface area contributed by atoms with Crippen LogP contribution in [-0.2, 0) is 4.74 Å². The van der Waals surface area contributed by atoms with Crippen molar-refractivity contribution in [3.8, 4) is 0 Å². The van der Waals surface area contributed by atoms with Gasteiger partial charge in [0.15, 0.2) is 0 Å². The Morgan fingerprint density at radius 1 is 1.21 bits per heavy atom. The summed E-state index contributed by atoms with van der Waals surface area (Å²) in [5.74, 6) is 0.649. The minimum absolute atomic E-state index is 0.215. The van der Waals surface area contributed by atoms with Crippen LogP contribution in [0.2, 0.25) is 5.02 Å². The molecule has 150 valence electrons.